The van der Waals surface area contributed by atoms with Crippen molar-refractivity contribution in [3.63, 3.8) is 0 Å². The fourth-order valence-electron chi connectivity index (χ4n) is 2.37. The highest BCUT2D eigenvalue weighted by atomic mass is 32.2. The number of benzene rings is 1. The predicted molar refractivity (Wildman–Crippen MR) is 82.2 cm³/mol. The van der Waals surface area contributed by atoms with E-state index in [4.69, 9.17) is 4.74 Å². The molecule has 0 fully saturated rings. The molecule has 116 valence electrons. The molecule has 1 N–H and O–H groups in total. The molecular formula is C14H20N2O4S. The predicted octanol–water partition coefficient (Wildman–Crippen LogP) is 2.36. The minimum atomic E-state index is -3.26. The van der Waals surface area contributed by atoms with Crippen LogP contribution in [0.4, 0.5) is 16.2 Å². The summed E-state index contributed by atoms with van der Waals surface area (Å²) in [5.41, 5.74) is 2.24. The molecule has 0 spiro atoms. The van der Waals surface area contributed by atoms with Crippen LogP contribution in [0.3, 0.4) is 0 Å². The number of hydrogen-bond acceptors (Lipinski definition) is 4. The van der Waals surface area contributed by atoms with E-state index in [1.165, 1.54) is 4.31 Å². The molecule has 7 heteroatoms. The zero-order valence-electron chi connectivity index (χ0n) is 12.3. The number of fused-ring (bicyclic) bond motifs is 1. The third kappa shape index (κ3) is 3.47. The molecule has 2 rings (SSSR count). The van der Waals surface area contributed by atoms with E-state index in [9.17, 15) is 13.2 Å². The van der Waals surface area contributed by atoms with Crippen LogP contribution in [0.1, 0.15) is 25.8 Å². The molecule has 1 amide bonds. The van der Waals surface area contributed by atoms with Gasteiger partial charge in [-0.15, -0.1) is 0 Å². The molecular weight excluding hydrogens is 292 g/mol. The van der Waals surface area contributed by atoms with Crippen LogP contribution in [0.25, 0.3) is 0 Å². The van der Waals surface area contributed by atoms with E-state index in [1.807, 2.05) is 6.07 Å². The van der Waals surface area contributed by atoms with Gasteiger partial charge >= 0.3 is 6.09 Å². The average molecular weight is 312 g/mol. The average Bonchev–Trinajstić information content (AvgIpc) is 2.46. The molecule has 1 aromatic rings. The third-order valence-corrected chi connectivity index (χ3v) is 5.16. The number of rotatable bonds is 4. The first-order valence-electron chi connectivity index (χ1n) is 7.05. The Balaban J connectivity index is 2.26. The summed E-state index contributed by atoms with van der Waals surface area (Å²) >= 11 is 0. The molecule has 0 aromatic heterocycles. The maximum Gasteiger partial charge on any atom is 0.411 e. The Morgan fingerprint density at radius 1 is 1.38 bits per heavy atom. The number of amides is 1. The van der Waals surface area contributed by atoms with Gasteiger partial charge in [0.05, 0.1) is 18.0 Å². The van der Waals surface area contributed by atoms with Gasteiger partial charge in [-0.25, -0.2) is 13.2 Å². The SMILES string of the molecule is CCOC(=O)Nc1ccc2c(c1)CCCN2S(=O)(=O)CC. The molecule has 0 radical (unpaired) electrons. The number of aryl methyl sites for hydroxylation is 1. The number of nitrogens with one attached hydrogen (secondary N) is 1. The number of nitrogens with zero attached hydrogens (tertiary/aromatic N) is 1. The van der Waals surface area contributed by atoms with Gasteiger partial charge in [0.25, 0.3) is 0 Å². The number of hydrogen-bond donors (Lipinski definition) is 1. The molecule has 0 aliphatic carbocycles. The second-order valence-electron chi connectivity index (χ2n) is 4.77. The van der Waals surface area contributed by atoms with E-state index >= 15 is 0 Å². The van der Waals surface area contributed by atoms with Crippen molar-refractivity contribution in [3.05, 3.63) is 23.8 Å². The van der Waals surface area contributed by atoms with Crippen molar-refractivity contribution in [1.29, 1.82) is 0 Å². The lowest BCUT2D eigenvalue weighted by atomic mass is 10.0. The fraction of sp³-hybridized carbons (Fsp3) is 0.500. The number of ether oxygens (including phenoxy) is 1. The lowest BCUT2D eigenvalue weighted by Gasteiger charge is -2.30. The van der Waals surface area contributed by atoms with E-state index in [2.05, 4.69) is 5.32 Å². The fourth-order valence-corrected chi connectivity index (χ4v) is 3.57. The van der Waals surface area contributed by atoms with Gasteiger partial charge in [0.1, 0.15) is 0 Å². The van der Waals surface area contributed by atoms with E-state index < -0.39 is 16.1 Å². The summed E-state index contributed by atoms with van der Waals surface area (Å²) in [7, 11) is -3.26. The molecule has 0 saturated heterocycles. The van der Waals surface area contributed by atoms with Crippen molar-refractivity contribution >= 4 is 27.5 Å². The minimum absolute atomic E-state index is 0.0786. The van der Waals surface area contributed by atoms with Crippen LogP contribution in [0.2, 0.25) is 0 Å². The summed E-state index contributed by atoms with van der Waals surface area (Å²) < 4.78 is 30.5. The molecule has 1 heterocycles. The Hall–Kier alpha value is -1.76. The van der Waals surface area contributed by atoms with Crippen molar-refractivity contribution in [2.75, 3.05) is 28.5 Å². The van der Waals surface area contributed by atoms with Gasteiger partial charge in [0.15, 0.2) is 0 Å². The van der Waals surface area contributed by atoms with Crippen LogP contribution >= 0.6 is 0 Å². The van der Waals surface area contributed by atoms with Gasteiger partial charge in [-0.3, -0.25) is 9.62 Å². The maximum atomic E-state index is 12.1. The molecule has 6 nitrogen and oxygen atoms in total. The molecule has 0 saturated carbocycles. The number of anilines is 2. The first-order valence-corrected chi connectivity index (χ1v) is 8.66. The Morgan fingerprint density at radius 2 is 2.14 bits per heavy atom. The summed E-state index contributed by atoms with van der Waals surface area (Å²) in [6.45, 7) is 4.19. The van der Waals surface area contributed by atoms with Gasteiger partial charge in [0, 0.05) is 12.2 Å². The highest BCUT2D eigenvalue weighted by Crippen LogP contribution is 2.31. The monoisotopic (exact) mass is 312 g/mol. The van der Waals surface area contributed by atoms with Crippen LogP contribution in [0.15, 0.2) is 18.2 Å². The third-order valence-electron chi connectivity index (χ3n) is 3.38. The van der Waals surface area contributed by atoms with Gasteiger partial charge in [-0.05, 0) is 50.5 Å². The molecule has 0 unspecified atom stereocenters. The van der Waals surface area contributed by atoms with Crippen molar-refractivity contribution in [2.45, 2.75) is 26.7 Å². The van der Waals surface area contributed by atoms with Crippen LogP contribution in [-0.4, -0.2) is 33.4 Å². The molecule has 1 aliphatic rings. The summed E-state index contributed by atoms with van der Waals surface area (Å²) in [4.78, 5) is 11.4. The van der Waals surface area contributed by atoms with Crippen LogP contribution in [0, 0.1) is 0 Å². The highest BCUT2D eigenvalue weighted by molar-refractivity contribution is 7.92. The first-order chi connectivity index (χ1) is 9.97. The number of carbonyl (C=O) groups is 1. The number of carbonyl (C=O) groups excluding carboxylic acids is 1. The van der Waals surface area contributed by atoms with Crippen molar-refractivity contribution in [1.82, 2.24) is 0 Å². The molecule has 1 aromatic carbocycles. The normalized spacial score (nSPS) is 14.5. The van der Waals surface area contributed by atoms with Gasteiger partial charge < -0.3 is 4.74 Å². The summed E-state index contributed by atoms with van der Waals surface area (Å²) in [5, 5.41) is 2.63. The van der Waals surface area contributed by atoms with Gasteiger partial charge in [0.2, 0.25) is 10.0 Å². The van der Waals surface area contributed by atoms with E-state index in [0.29, 0.717) is 24.5 Å². The van der Waals surface area contributed by atoms with E-state index in [-0.39, 0.29) is 5.75 Å². The van der Waals surface area contributed by atoms with E-state index in [1.54, 1.807) is 26.0 Å². The lowest BCUT2D eigenvalue weighted by molar-refractivity contribution is 0.168. The van der Waals surface area contributed by atoms with E-state index in [0.717, 1.165) is 18.4 Å². The van der Waals surface area contributed by atoms with Gasteiger partial charge in [-0.1, -0.05) is 0 Å². The number of sulfonamides is 1. The molecule has 0 atom stereocenters. The van der Waals surface area contributed by atoms with Crippen molar-refractivity contribution < 1.29 is 17.9 Å². The lowest BCUT2D eigenvalue weighted by Crippen LogP contribution is -2.36. The van der Waals surface area contributed by atoms with Gasteiger partial charge in [-0.2, -0.15) is 0 Å². The molecule has 1 aliphatic heterocycles. The Kier molecular flexibility index (Phi) is 4.72. The zero-order chi connectivity index (χ0) is 15.5. The second kappa shape index (κ2) is 6.34. The quantitative estimate of drug-likeness (QED) is 0.926. The zero-order valence-corrected chi connectivity index (χ0v) is 13.1. The first kappa shape index (κ1) is 15.6. The topological polar surface area (TPSA) is 75.7 Å². The standard InChI is InChI=1S/C14H20N2O4S/c1-3-20-14(17)15-12-7-8-13-11(10-12)6-5-9-16(13)21(18,19)4-2/h7-8,10H,3-6,9H2,1-2H3,(H,15,17). The van der Waals surface area contributed by atoms with Crippen LogP contribution < -0.4 is 9.62 Å². The van der Waals surface area contributed by atoms with Crippen LogP contribution in [0.5, 0.6) is 0 Å². The highest BCUT2D eigenvalue weighted by Gasteiger charge is 2.26. The second-order valence-corrected chi connectivity index (χ2v) is 6.95. The molecule has 0 bridgehead atoms. The minimum Gasteiger partial charge on any atom is -0.450 e. The van der Waals surface area contributed by atoms with Crippen molar-refractivity contribution in [2.24, 2.45) is 0 Å². The molecule has 21 heavy (non-hydrogen) atoms. The Bertz CT molecular complexity index is 628. The Labute approximate surface area is 125 Å². The van der Waals surface area contributed by atoms with Crippen LogP contribution in [-0.2, 0) is 21.2 Å². The summed E-state index contributed by atoms with van der Waals surface area (Å²) in [5.74, 6) is 0.0786. The Morgan fingerprint density at radius 3 is 2.81 bits per heavy atom. The largest absolute Gasteiger partial charge is 0.450 e. The summed E-state index contributed by atoms with van der Waals surface area (Å²) in [6, 6.07) is 5.24. The van der Waals surface area contributed by atoms with Crippen molar-refractivity contribution in [3.8, 4) is 0 Å². The smallest absolute Gasteiger partial charge is 0.411 e. The summed E-state index contributed by atoms with van der Waals surface area (Å²) in [6.07, 6.45) is 1.06. The maximum absolute atomic E-state index is 12.1.